The van der Waals surface area contributed by atoms with Crippen LogP contribution in [0.3, 0.4) is 0 Å². The van der Waals surface area contributed by atoms with Crippen LogP contribution in [0.4, 0.5) is 5.69 Å². The van der Waals surface area contributed by atoms with Crippen molar-refractivity contribution in [3.8, 4) is 0 Å². The summed E-state index contributed by atoms with van der Waals surface area (Å²) in [5.74, 6) is -0.502. The number of rotatable bonds is 5. The number of carbonyl (C=O) groups is 1. The Morgan fingerprint density at radius 1 is 1.10 bits per heavy atom. The van der Waals surface area contributed by atoms with Gasteiger partial charge < -0.3 is 4.74 Å². The number of nitrogens with zero attached hydrogens (tertiary/aromatic N) is 1. The van der Waals surface area contributed by atoms with Gasteiger partial charge in [0.05, 0.1) is 24.9 Å². The molecule has 5 nitrogen and oxygen atoms in total. The molecule has 2 rings (SSSR count). The number of hydrogen-bond acceptors (Lipinski definition) is 4. The molecule has 0 aromatic heterocycles. The fraction of sp³-hybridized carbons (Fsp3) is 0.133. The Hall–Kier alpha value is -2.34. The van der Waals surface area contributed by atoms with Crippen LogP contribution in [0.15, 0.2) is 54.6 Å². The molecular formula is C15H15NO4S. The van der Waals surface area contributed by atoms with Crippen molar-refractivity contribution in [2.24, 2.45) is 0 Å². The summed E-state index contributed by atoms with van der Waals surface area (Å²) in [6, 6.07) is 15.6. The Bertz CT molecular complexity index is 690. The van der Waals surface area contributed by atoms with E-state index in [0.717, 1.165) is 5.56 Å². The molecule has 0 radical (unpaired) electrons. The molecule has 0 unspecified atom stereocenters. The number of ether oxygens (including phenoxy) is 1. The molecule has 0 aliphatic carbocycles. The van der Waals surface area contributed by atoms with Crippen LogP contribution in [0, 0.1) is 0 Å². The maximum Gasteiger partial charge on any atom is 0.337 e. The van der Waals surface area contributed by atoms with E-state index in [2.05, 4.69) is 4.74 Å². The van der Waals surface area contributed by atoms with Crippen molar-refractivity contribution in [3.63, 3.8) is 0 Å². The average molecular weight is 305 g/mol. The van der Waals surface area contributed by atoms with Gasteiger partial charge in [0, 0.05) is 0 Å². The Morgan fingerprint density at radius 2 is 1.81 bits per heavy atom. The highest BCUT2D eigenvalue weighted by atomic mass is 32.2. The van der Waals surface area contributed by atoms with E-state index in [0.29, 0.717) is 11.3 Å². The monoisotopic (exact) mass is 305 g/mol. The summed E-state index contributed by atoms with van der Waals surface area (Å²) in [7, 11) is -1.54. The lowest BCUT2D eigenvalue weighted by Crippen LogP contribution is -2.20. The molecular weight excluding hydrogens is 290 g/mol. The second kappa shape index (κ2) is 6.90. The Labute approximate surface area is 124 Å². The smallest absolute Gasteiger partial charge is 0.337 e. The summed E-state index contributed by atoms with van der Waals surface area (Å²) in [4.78, 5) is 11.5. The average Bonchev–Trinajstić information content (AvgIpc) is 2.52. The van der Waals surface area contributed by atoms with Gasteiger partial charge in [-0.25, -0.2) is 13.2 Å². The molecule has 0 aliphatic rings. The predicted molar refractivity (Wildman–Crippen MR) is 80.7 cm³/mol. The molecule has 0 amide bonds. The van der Waals surface area contributed by atoms with Crippen molar-refractivity contribution in [3.05, 3.63) is 65.7 Å². The highest BCUT2D eigenvalue weighted by Crippen LogP contribution is 2.19. The van der Waals surface area contributed by atoms with E-state index in [1.54, 1.807) is 18.2 Å². The summed E-state index contributed by atoms with van der Waals surface area (Å²) < 4.78 is 28.9. The first kappa shape index (κ1) is 15.1. The van der Waals surface area contributed by atoms with Gasteiger partial charge in [-0.3, -0.25) is 4.31 Å². The summed E-state index contributed by atoms with van der Waals surface area (Å²) in [6.07, 6.45) is 0. The van der Waals surface area contributed by atoms with Crippen molar-refractivity contribution >= 4 is 22.5 Å². The third-order valence-electron chi connectivity index (χ3n) is 2.94. The van der Waals surface area contributed by atoms with Gasteiger partial charge in [0.25, 0.3) is 0 Å². The molecule has 0 heterocycles. The molecule has 0 N–H and O–H groups in total. The van der Waals surface area contributed by atoms with Gasteiger partial charge in [-0.1, -0.05) is 36.4 Å². The van der Waals surface area contributed by atoms with E-state index in [1.165, 1.54) is 17.5 Å². The molecule has 0 saturated heterocycles. The number of anilines is 1. The van der Waals surface area contributed by atoms with E-state index in [4.69, 9.17) is 0 Å². The maximum atomic E-state index is 11.5. The van der Waals surface area contributed by atoms with Crippen LogP contribution in [-0.2, 0) is 22.2 Å². The van der Waals surface area contributed by atoms with Gasteiger partial charge in [0.15, 0.2) is 0 Å². The largest absolute Gasteiger partial charge is 0.465 e. The maximum absolute atomic E-state index is 11.5. The second-order valence-electron chi connectivity index (χ2n) is 4.32. The minimum absolute atomic E-state index is 0.212. The first-order chi connectivity index (χ1) is 10.1. The number of carbonyl (C=O) groups excluding carboxylic acids is 1. The third-order valence-corrected chi connectivity index (χ3v) is 3.70. The van der Waals surface area contributed by atoms with Crippen LogP contribution in [0.2, 0.25) is 0 Å². The van der Waals surface area contributed by atoms with Crippen molar-refractivity contribution in [1.29, 1.82) is 0 Å². The fourth-order valence-corrected chi connectivity index (χ4v) is 2.50. The van der Waals surface area contributed by atoms with Crippen molar-refractivity contribution in [1.82, 2.24) is 0 Å². The lowest BCUT2D eigenvalue weighted by molar-refractivity contribution is 0.0601. The Kier molecular flexibility index (Phi) is 4.94. The lowest BCUT2D eigenvalue weighted by atomic mass is 10.2. The molecule has 6 heteroatoms. The van der Waals surface area contributed by atoms with E-state index in [1.807, 2.05) is 30.3 Å². The molecule has 110 valence electrons. The standard InChI is InChI=1S/C15H15NO4S/c1-20-15(17)13-8-5-9-14(10-13)16(21(18)19)11-12-6-3-2-4-7-12/h2-10,21H,11H2,1H3. The Balaban J connectivity index is 2.33. The van der Waals surface area contributed by atoms with Crippen LogP contribution in [0.1, 0.15) is 15.9 Å². The third kappa shape index (κ3) is 3.82. The summed E-state index contributed by atoms with van der Waals surface area (Å²) in [5.41, 5.74) is 1.60. The van der Waals surface area contributed by atoms with Gasteiger partial charge in [0.2, 0.25) is 10.9 Å². The van der Waals surface area contributed by atoms with E-state index in [-0.39, 0.29) is 6.54 Å². The molecule has 0 bridgehead atoms. The number of hydrogen-bond donors (Lipinski definition) is 1. The van der Waals surface area contributed by atoms with E-state index in [9.17, 15) is 13.2 Å². The highest BCUT2D eigenvalue weighted by Gasteiger charge is 2.12. The SMILES string of the molecule is COC(=O)c1cccc(N(Cc2ccccc2)[SH](=O)=O)c1. The minimum atomic E-state index is -2.82. The lowest BCUT2D eigenvalue weighted by Gasteiger charge is -2.18. The van der Waals surface area contributed by atoms with Gasteiger partial charge in [-0.2, -0.15) is 0 Å². The van der Waals surface area contributed by atoms with Crippen molar-refractivity contribution in [2.75, 3.05) is 11.4 Å². The van der Waals surface area contributed by atoms with Gasteiger partial charge >= 0.3 is 5.97 Å². The van der Waals surface area contributed by atoms with Gasteiger partial charge in [0.1, 0.15) is 0 Å². The number of thiol groups is 1. The molecule has 0 fully saturated rings. The highest BCUT2D eigenvalue weighted by molar-refractivity contribution is 7.74. The van der Waals surface area contributed by atoms with Crippen LogP contribution in [0.25, 0.3) is 0 Å². The predicted octanol–water partition coefficient (Wildman–Crippen LogP) is 2.01. The minimum Gasteiger partial charge on any atom is -0.465 e. The van der Waals surface area contributed by atoms with Crippen molar-refractivity contribution in [2.45, 2.75) is 6.54 Å². The normalized spacial score (nSPS) is 10.4. The first-order valence-corrected chi connectivity index (χ1v) is 7.39. The van der Waals surface area contributed by atoms with Crippen LogP contribution in [0.5, 0.6) is 0 Å². The second-order valence-corrected chi connectivity index (χ2v) is 5.28. The zero-order valence-electron chi connectivity index (χ0n) is 11.4. The van der Waals surface area contributed by atoms with E-state index < -0.39 is 16.9 Å². The number of benzene rings is 2. The topological polar surface area (TPSA) is 63.7 Å². The summed E-state index contributed by atoms with van der Waals surface area (Å²) in [5, 5.41) is 0. The molecule has 2 aromatic carbocycles. The van der Waals surface area contributed by atoms with Crippen LogP contribution >= 0.6 is 0 Å². The zero-order valence-corrected chi connectivity index (χ0v) is 12.3. The van der Waals surface area contributed by atoms with Crippen LogP contribution < -0.4 is 4.31 Å². The number of methoxy groups -OCH3 is 1. The Morgan fingerprint density at radius 3 is 2.43 bits per heavy atom. The molecule has 0 aliphatic heterocycles. The van der Waals surface area contributed by atoms with Crippen molar-refractivity contribution < 1.29 is 17.9 Å². The first-order valence-electron chi connectivity index (χ1n) is 6.26. The molecule has 0 saturated carbocycles. The summed E-state index contributed by atoms with van der Waals surface area (Å²) >= 11 is 0. The van der Waals surface area contributed by atoms with Crippen LogP contribution in [-0.4, -0.2) is 21.5 Å². The molecule has 0 spiro atoms. The fourth-order valence-electron chi connectivity index (χ4n) is 1.91. The molecule has 21 heavy (non-hydrogen) atoms. The van der Waals surface area contributed by atoms with E-state index >= 15 is 0 Å². The quantitative estimate of drug-likeness (QED) is 0.678. The van der Waals surface area contributed by atoms with Gasteiger partial charge in [-0.15, -0.1) is 0 Å². The summed E-state index contributed by atoms with van der Waals surface area (Å²) in [6.45, 7) is 0.212. The number of esters is 1. The molecule has 2 aromatic rings. The molecule has 0 atom stereocenters. The zero-order chi connectivity index (χ0) is 15.2. The van der Waals surface area contributed by atoms with Gasteiger partial charge in [-0.05, 0) is 23.8 Å².